The van der Waals surface area contributed by atoms with E-state index in [2.05, 4.69) is 40.0 Å². The van der Waals surface area contributed by atoms with Crippen molar-refractivity contribution in [1.29, 1.82) is 0 Å². The second kappa shape index (κ2) is 7.79. The summed E-state index contributed by atoms with van der Waals surface area (Å²) in [7, 11) is 0. The van der Waals surface area contributed by atoms with Gasteiger partial charge in [-0.1, -0.05) is 48.5 Å². The fourth-order valence-corrected chi connectivity index (χ4v) is 2.95. The zero-order valence-corrected chi connectivity index (χ0v) is 13.2. The number of nitrogens with zero attached hydrogens (tertiary/aromatic N) is 1. The van der Waals surface area contributed by atoms with Crippen molar-refractivity contribution in [3.63, 3.8) is 0 Å². The first-order valence-corrected chi connectivity index (χ1v) is 8.18. The summed E-state index contributed by atoms with van der Waals surface area (Å²) < 4.78 is 0. The van der Waals surface area contributed by atoms with Gasteiger partial charge in [0.25, 0.3) is 0 Å². The smallest absolute Gasteiger partial charge is 0.241 e. The fraction of sp³-hybridized carbons (Fsp3) is 0.316. The highest BCUT2D eigenvalue weighted by atomic mass is 16.2. The summed E-state index contributed by atoms with van der Waals surface area (Å²) in [6.07, 6.45) is 1.82. The van der Waals surface area contributed by atoms with Crippen LogP contribution in [0.2, 0.25) is 0 Å². The Morgan fingerprint density at radius 3 is 2.22 bits per heavy atom. The highest BCUT2D eigenvalue weighted by Crippen LogP contribution is 2.19. The molecule has 0 atom stereocenters. The summed E-state index contributed by atoms with van der Waals surface area (Å²) in [6.45, 7) is 2.91. The summed E-state index contributed by atoms with van der Waals surface area (Å²) in [4.78, 5) is 14.7. The van der Waals surface area contributed by atoms with E-state index in [4.69, 9.17) is 0 Å². The van der Waals surface area contributed by atoms with Crippen molar-refractivity contribution < 1.29 is 4.79 Å². The molecule has 1 aliphatic heterocycles. The summed E-state index contributed by atoms with van der Waals surface area (Å²) >= 11 is 0. The average molecular weight is 309 g/mol. The highest BCUT2D eigenvalue weighted by molar-refractivity contribution is 5.80. The average Bonchev–Trinajstić information content (AvgIpc) is 2.62. The molecular formula is C19H23N3O. The second-order valence-corrected chi connectivity index (χ2v) is 6.02. The van der Waals surface area contributed by atoms with Gasteiger partial charge in [-0.05, 0) is 43.6 Å². The van der Waals surface area contributed by atoms with Crippen molar-refractivity contribution in [3.8, 4) is 0 Å². The van der Waals surface area contributed by atoms with E-state index in [0.29, 0.717) is 0 Å². The molecule has 0 radical (unpaired) electrons. The minimum absolute atomic E-state index is 0.0909. The van der Waals surface area contributed by atoms with E-state index in [9.17, 15) is 4.79 Å². The molecule has 23 heavy (non-hydrogen) atoms. The van der Waals surface area contributed by atoms with Crippen LogP contribution in [0, 0.1) is 5.92 Å². The molecule has 4 nitrogen and oxygen atoms in total. The SMILES string of the molecule is O=C(NNc1ccccc1)C1CCN(Cc2ccccc2)CC1. The molecule has 3 rings (SSSR count). The van der Waals surface area contributed by atoms with Crippen LogP contribution in [-0.4, -0.2) is 23.9 Å². The molecule has 1 fully saturated rings. The molecule has 2 N–H and O–H groups in total. The van der Waals surface area contributed by atoms with Gasteiger partial charge in [-0.15, -0.1) is 0 Å². The number of piperidine rings is 1. The molecule has 1 aliphatic rings. The van der Waals surface area contributed by atoms with E-state index in [0.717, 1.165) is 38.2 Å². The van der Waals surface area contributed by atoms with Gasteiger partial charge in [0.05, 0.1) is 5.69 Å². The van der Waals surface area contributed by atoms with Gasteiger partial charge in [0.15, 0.2) is 0 Å². The predicted octanol–water partition coefficient (Wildman–Crippen LogP) is 3.04. The second-order valence-electron chi connectivity index (χ2n) is 6.02. The van der Waals surface area contributed by atoms with E-state index in [1.165, 1.54) is 5.56 Å². The van der Waals surface area contributed by atoms with Crippen LogP contribution in [0.15, 0.2) is 60.7 Å². The lowest BCUT2D eigenvalue weighted by molar-refractivity contribution is -0.125. The molecular weight excluding hydrogens is 286 g/mol. The third-order valence-corrected chi connectivity index (χ3v) is 4.31. The number of hydrazine groups is 1. The van der Waals surface area contributed by atoms with Crippen molar-refractivity contribution >= 4 is 11.6 Å². The number of nitrogens with one attached hydrogen (secondary N) is 2. The van der Waals surface area contributed by atoms with Crippen LogP contribution < -0.4 is 10.9 Å². The molecule has 0 aliphatic carbocycles. The first-order chi connectivity index (χ1) is 11.3. The van der Waals surface area contributed by atoms with Gasteiger partial charge in [0.2, 0.25) is 5.91 Å². The maximum atomic E-state index is 12.2. The Morgan fingerprint density at radius 1 is 0.957 bits per heavy atom. The Labute approximate surface area is 137 Å². The standard InChI is InChI=1S/C19H23N3O/c23-19(21-20-18-9-5-2-6-10-18)17-11-13-22(14-12-17)15-16-7-3-1-4-8-16/h1-10,17,20H,11-15H2,(H,21,23). The number of hydrogen-bond acceptors (Lipinski definition) is 3. The van der Waals surface area contributed by atoms with Crippen molar-refractivity contribution in [3.05, 3.63) is 66.2 Å². The lowest BCUT2D eigenvalue weighted by atomic mass is 9.96. The van der Waals surface area contributed by atoms with Gasteiger partial charge in [-0.25, -0.2) is 0 Å². The molecule has 2 aromatic carbocycles. The molecule has 120 valence electrons. The van der Waals surface area contributed by atoms with Crippen LogP contribution in [0.4, 0.5) is 5.69 Å². The maximum absolute atomic E-state index is 12.2. The van der Waals surface area contributed by atoms with Gasteiger partial charge in [0, 0.05) is 12.5 Å². The molecule has 1 heterocycles. The topological polar surface area (TPSA) is 44.4 Å². The van der Waals surface area contributed by atoms with Crippen molar-refractivity contribution in [1.82, 2.24) is 10.3 Å². The number of benzene rings is 2. The van der Waals surface area contributed by atoms with Crippen LogP contribution >= 0.6 is 0 Å². The predicted molar refractivity (Wildman–Crippen MR) is 92.7 cm³/mol. The van der Waals surface area contributed by atoms with Crippen LogP contribution in [-0.2, 0) is 11.3 Å². The Kier molecular flexibility index (Phi) is 5.27. The lowest BCUT2D eigenvalue weighted by Crippen LogP contribution is -2.41. The number of carbonyl (C=O) groups excluding carboxylic acids is 1. The Balaban J connectivity index is 1.42. The molecule has 0 unspecified atom stereocenters. The third kappa shape index (κ3) is 4.57. The van der Waals surface area contributed by atoms with Crippen molar-refractivity contribution in [2.24, 2.45) is 5.92 Å². The monoisotopic (exact) mass is 309 g/mol. The van der Waals surface area contributed by atoms with Gasteiger partial charge in [0.1, 0.15) is 0 Å². The normalized spacial score (nSPS) is 16.0. The van der Waals surface area contributed by atoms with E-state index in [1.54, 1.807) is 0 Å². The number of anilines is 1. The minimum atomic E-state index is 0.0909. The number of carbonyl (C=O) groups is 1. The number of rotatable bonds is 5. The molecule has 0 saturated carbocycles. The van der Waals surface area contributed by atoms with E-state index < -0.39 is 0 Å². The Hall–Kier alpha value is -2.33. The molecule has 2 aromatic rings. The number of hydrogen-bond donors (Lipinski definition) is 2. The molecule has 0 bridgehead atoms. The summed E-state index contributed by atoms with van der Waals surface area (Å²) in [5.74, 6) is 0.187. The lowest BCUT2D eigenvalue weighted by Gasteiger charge is -2.31. The van der Waals surface area contributed by atoms with Crippen molar-refractivity contribution in [2.45, 2.75) is 19.4 Å². The fourth-order valence-electron chi connectivity index (χ4n) is 2.95. The summed E-state index contributed by atoms with van der Waals surface area (Å²) in [5.41, 5.74) is 8.04. The third-order valence-electron chi connectivity index (χ3n) is 4.31. The molecule has 0 aromatic heterocycles. The zero-order chi connectivity index (χ0) is 15.9. The van der Waals surface area contributed by atoms with Crippen LogP contribution in [0.5, 0.6) is 0 Å². The largest absolute Gasteiger partial charge is 0.299 e. The van der Waals surface area contributed by atoms with E-state index >= 15 is 0 Å². The maximum Gasteiger partial charge on any atom is 0.241 e. The quantitative estimate of drug-likeness (QED) is 0.834. The molecule has 1 amide bonds. The Morgan fingerprint density at radius 2 is 1.57 bits per heavy atom. The first kappa shape index (κ1) is 15.6. The molecule has 1 saturated heterocycles. The number of amides is 1. The number of likely N-dealkylation sites (tertiary alicyclic amines) is 1. The summed E-state index contributed by atoms with van der Waals surface area (Å²) in [6, 6.07) is 20.2. The molecule has 4 heteroatoms. The first-order valence-electron chi connectivity index (χ1n) is 8.18. The van der Waals surface area contributed by atoms with Gasteiger partial charge >= 0.3 is 0 Å². The minimum Gasteiger partial charge on any atom is -0.299 e. The highest BCUT2D eigenvalue weighted by Gasteiger charge is 2.24. The summed E-state index contributed by atoms with van der Waals surface area (Å²) in [5, 5.41) is 0. The van der Waals surface area contributed by atoms with E-state index in [1.807, 2.05) is 36.4 Å². The van der Waals surface area contributed by atoms with Gasteiger partial charge in [-0.2, -0.15) is 0 Å². The van der Waals surface area contributed by atoms with E-state index in [-0.39, 0.29) is 11.8 Å². The van der Waals surface area contributed by atoms with Gasteiger partial charge < -0.3 is 0 Å². The zero-order valence-electron chi connectivity index (χ0n) is 13.2. The van der Waals surface area contributed by atoms with Crippen LogP contribution in [0.1, 0.15) is 18.4 Å². The van der Waals surface area contributed by atoms with Crippen LogP contribution in [0.25, 0.3) is 0 Å². The van der Waals surface area contributed by atoms with Crippen LogP contribution in [0.3, 0.4) is 0 Å². The van der Waals surface area contributed by atoms with Gasteiger partial charge in [-0.3, -0.25) is 20.5 Å². The van der Waals surface area contributed by atoms with Crippen molar-refractivity contribution in [2.75, 3.05) is 18.5 Å². The number of para-hydroxylation sites is 1. The Bertz CT molecular complexity index is 607. The molecule has 0 spiro atoms.